The Morgan fingerprint density at radius 1 is 0.480 bits per heavy atom. The first-order valence-electron chi connectivity index (χ1n) is 18.7. The van der Waals surface area contributed by atoms with Crippen molar-refractivity contribution in [3.8, 4) is 0 Å². The van der Waals surface area contributed by atoms with Gasteiger partial charge in [0.25, 0.3) is 0 Å². The quantitative estimate of drug-likeness (QED) is 0.110. The van der Waals surface area contributed by atoms with E-state index in [1.165, 1.54) is 0 Å². The number of nitrogens with one attached hydrogen (secondary N) is 3. The number of carbonyl (C=O) groups is 3. The van der Waals surface area contributed by atoms with E-state index in [4.69, 9.17) is 5.11 Å². The van der Waals surface area contributed by atoms with E-state index < -0.39 is 25.4 Å². The van der Waals surface area contributed by atoms with Crippen LogP contribution in [0.3, 0.4) is 0 Å². The van der Waals surface area contributed by atoms with E-state index in [1.807, 2.05) is 34.6 Å². The van der Waals surface area contributed by atoms with E-state index in [9.17, 15) is 29.7 Å². The van der Waals surface area contributed by atoms with Crippen LogP contribution in [0, 0.1) is 51.8 Å². The molecule has 0 saturated carbocycles. The zero-order chi connectivity index (χ0) is 40.5. The van der Waals surface area contributed by atoms with Gasteiger partial charge in [-0.3, -0.25) is 14.4 Å². The molecule has 0 aliphatic rings. The van der Waals surface area contributed by atoms with Gasteiger partial charge in [-0.15, -0.1) is 0 Å². The molecular formula is C40H83N3O7. The van der Waals surface area contributed by atoms with Crippen LogP contribution in [0.25, 0.3) is 0 Å². The molecule has 10 heteroatoms. The molecule has 0 aliphatic carbocycles. The van der Waals surface area contributed by atoms with Gasteiger partial charge >= 0.3 is 0 Å². The maximum atomic E-state index is 12.3. The topological polar surface area (TPSA) is 168 Å². The lowest BCUT2D eigenvalue weighted by Gasteiger charge is -2.34. The summed E-state index contributed by atoms with van der Waals surface area (Å²) < 4.78 is 0. The third-order valence-corrected chi connectivity index (χ3v) is 8.13. The maximum Gasteiger partial charge on any atom is 0.224 e. The molecule has 0 bridgehead atoms. The van der Waals surface area contributed by atoms with Crippen molar-refractivity contribution in [1.82, 2.24) is 16.0 Å². The fraction of sp³-hybridized carbons (Fsp3) is 0.925. The van der Waals surface area contributed by atoms with Crippen molar-refractivity contribution in [2.24, 2.45) is 51.8 Å². The van der Waals surface area contributed by atoms with Crippen molar-refractivity contribution in [3.05, 3.63) is 0 Å². The fourth-order valence-corrected chi connectivity index (χ4v) is 5.27. The second-order valence-corrected chi connectivity index (χ2v) is 19.8. The molecule has 0 aliphatic heterocycles. The highest BCUT2D eigenvalue weighted by Crippen LogP contribution is 2.31. The zero-order valence-corrected chi connectivity index (χ0v) is 35.6. The van der Waals surface area contributed by atoms with Crippen LogP contribution >= 0.6 is 0 Å². The Bertz CT molecular complexity index is 940. The fourth-order valence-electron chi connectivity index (χ4n) is 5.27. The van der Waals surface area contributed by atoms with E-state index in [-0.39, 0.29) is 69.8 Å². The number of aliphatic hydroxyl groups excluding tert-OH is 4. The van der Waals surface area contributed by atoms with Crippen LogP contribution in [-0.2, 0) is 14.4 Å². The van der Waals surface area contributed by atoms with Gasteiger partial charge in [0.2, 0.25) is 17.7 Å². The lowest BCUT2D eigenvalue weighted by Crippen LogP contribution is -2.58. The normalized spacial score (nSPS) is 14.6. The summed E-state index contributed by atoms with van der Waals surface area (Å²) in [6.07, 6.45) is 2.52. The van der Waals surface area contributed by atoms with Crippen LogP contribution in [0.4, 0.5) is 0 Å². The second-order valence-electron chi connectivity index (χ2n) is 19.8. The molecule has 7 N–H and O–H groups in total. The highest BCUT2D eigenvalue weighted by atomic mass is 16.3. The van der Waals surface area contributed by atoms with Crippen LogP contribution < -0.4 is 16.0 Å². The minimum Gasteiger partial charge on any atom is -0.395 e. The average Bonchev–Trinajstić information content (AvgIpc) is 2.93. The molecule has 3 atom stereocenters. The Kier molecular flexibility index (Phi) is 24.2. The number of rotatable bonds is 15. The van der Waals surface area contributed by atoms with Crippen molar-refractivity contribution >= 4 is 17.7 Å². The maximum absolute atomic E-state index is 12.3. The molecule has 0 aromatic heterocycles. The Labute approximate surface area is 307 Å². The van der Waals surface area contributed by atoms with Crippen molar-refractivity contribution in [1.29, 1.82) is 0 Å². The second kappa shape index (κ2) is 23.0. The van der Waals surface area contributed by atoms with Crippen LogP contribution in [0.2, 0.25) is 0 Å². The van der Waals surface area contributed by atoms with Crippen LogP contribution in [0.15, 0.2) is 0 Å². The molecule has 0 aromatic rings. The van der Waals surface area contributed by atoms with Crippen molar-refractivity contribution < 1.29 is 34.8 Å². The monoisotopic (exact) mass is 718 g/mol. The Hall–Kier alpha value is -1.75. The summed E-state index contributed by atoms with van der Waals surface area (Å²) in [5, 5.41) is 44.8. The van der Waals surface area contributed by atoms with E-state index in [2.05, 4.69) is 106 Å². The number of carbonyl (C=O) groups excluding carboxylic acids is 3. The summed E-state index contributed by atoms with van der Waals surface area (Å²) in [5.74, 6) is 0.825. The zero-order valence-electron chi connectivity index (χ0n) is 35.6. The Morgan fingerprint density at radius 2 is 0.760 bits per heavy atom. The minimum atomic E-state index is -1.35. The van der Waals surface area contributed by atoms with E-state index >= 15 is 0 Å². The minimum absolute atomic E-state index is 0.00602. The lowest BCUT2D eigenvalue weighted by molar-refractivity contribution is -0.132. The summed E-state index contributed by atoms with van der Waals surface area (Å²) in [5.41, 5.74) is -1.12. The van der Waals surface area contributed by atoms with Crippen molar-refractivity contribution in [2.45, 2.75) is 155 Å². The number of aliphatic hydroxyl groups is 4. The summed E-state index contributed by atoms with van der Waals surface area (Å²) >= 11 is 0. The molecule has 0 rings (SSSR count). The number of hydrogen-bond donors (Lipinski definition) is 7. The molecule has 3 amide bonds. The molecule has 0 heterocycles. The first kappa shape index (κ1) is 52.6. The largest absolute Gasteiger partial charge is 0.395 e. The molecule has 50 heavy (non-hydrogen) atoms. The first-order valence-corrected chi connectivity index (χ1v) is 18.7. The summed E-state index contributed by atoms with van der Waals surface area (Å²) in [6, 6.07) is 0. The van der Waals surface area contributed by atoms with Gasteiger partial charge in [-0.05, 0) is 74.0 Å². The van der Waals surface area contributed by atoms with E-state index in [0.29, 0.717) is 24.8 Å². The van der Waals surface area contributed by atoms with Gasteiger partial charge in [-0.2, -0.15) is 0 Å². The summed E-state index contributed by atoms with van der Waals surface area (Å²) in [6.45, 7) is 36.4. The SMILES string of the molecule is CC(C)C(CC(C)(C)C)C(=O)NC(C)(C)C.CC(C)C(CC(C)(C)C)C(=O)NC(CO)(CO)CO.CC(C)C(CC(C)(C)C)C(=O)NCCO. The Balaban J connectivity index is -0.000000668. The summed E-state index contributed by atoms with van der Waals surface area (Å²) in [7, 11) is 0. The molecular weight excluding hydrogens is 634 g/mol. The molecule has 0 saturated heterocycles. The van der Waals surface area contributed by atoms with Crippen molar-refractivity contribution in [2.75, 3.05) is 33.0 Å². The van der Waals surface area contributed by atoms with Gasteiger partial charge in [0, 0.05) is 29.8 Å². The smallest absolute Gasteiger partial charge is 0.224 e. The molecule has 300 valence electrons. The molecule has 0 radical (unpaired) electrons. The molecule has 3 unspecified atom stereocenters. The van der Waals surface area contributed by atoms with Gasteiger partial charge in [0.15, 0.2) is 0 Å². The average molecular weight is 718 g/mol. The molecule has 10 nitrogen and oxygen atoms in total. The van der Waals surface area contributed by atoms with Crippen LogP contribution in [-0.4, -0.2) is 82.2 Å². The summed E-state index contributed by atoms with van der Waals surface area (Å²) in [4.78, 5) is 36.3. The van der Waals surface area contributed by atoms with Gasteiger partial charge in [0.1, 0.15) is 5.54 Å². The molecule has 0 fully saturated rings. The Morgan fingerprint density at radius 3 is 0.980 bits per heavy atom. The predicted molar refractivity (Wildman–Crippen MR) is 207 cm³/mol. The highest BCUT2D eigenvalue weighted by Gasteiger charge is 2.35. The van der Waals surface area contributed by atoms with E-state index in [1.54, 1.807) is 0 Å². The first-order chi connectivity index (χ1) is 22.3. The lowest BCUT2D eigenvalue weighted by atomic mass is 9.79. The number of hydrogen-bond acceptors (Lipinski definition) is 7. The van der Waals surface area contributed by atoms with E-state index in [0.717, 1.165) is 12.8 Å². The van der Waals surface area contributed by atoms with Gasteiger partial charge in [-0.1, -0.05) is 104 Å². The molecule has 0 spiro atoms. The van der Waals surface area contributed by atoms with Gasteiger partial charge < -0.3 is 36.4 Å². The van der Waals surface area contributed by atoms with Crippen LogP contribution in [0.5, 0.6) is 0 Å². The third kappa shape index (κ3) is 26.1. The predicted octanol–water partition coefficient (Wildman–Crippen LogP) is 5.94. The highest BCUT2D eigenvalue weighted by molar-refractivity contribution is 5.80. The third-order valence-electron chi connectivity index (χ3n) is 8.13. The van der Waals surface area contributed by atoms with Crippen LogP contribution in [0.1, 0.15) is 144 Å². The van der Waals surface area contributed by atoms with Crippen molar-refractivity contribution in [3.63, 3.8) is 0 Å². The van der Waals surface area contributed by atoms with Gasteiger partial charge in [-0.25, -0.2) is 0 Å². The molecule has 0 aromatic carbocycles. The number of amides is 3. The standard InChI is InChI=1S/C14H29NO4.C14H29NO.C12H25NO2/c1-10(2)11(6-13(3,4)5)12(19)15-14(7-16,8-17)9-18;1-10(2)11(9-13(3,4)5)12(16)15-14(6,7)8;1-9(2)10(8-12(3,4)5)11(15)13-6-7-14/h10-11,16-18H,6-9H2,1-5H3,(H,15,19);10-11H,9H2,1-8H3,(H,15,16);9-10,14H,6-8H2,1-5H3,(H,13,15). The van der Waals surface area contributed by atoms with Gasteiger partial charge in [0.05, 0.1) is 26.4 Å².